The molecule has 0 saturated heterocycles. The highest BCUT2D eigenvalue weighted by molar-refractivity contribution is 6.45. The molecule has 1 aliphatic rings. The van der Waals surface area contributed by atoms with Gasteiger partial charge in [-0.05, 0) is 61.2 Å². The highest BCUT2D eigenvalue weighted by atomic mass is 16.5. The maximum atomic E-state index is 13.4. The van der Waals surface area contributed by atoms with Gasteiger partial charge in [-0.1, -0.05) is 25.1 Å². The summed E-state index contributed by atoms with van der Waals surface area (Å²) in [5.74, 6) is -0.0383. The van der Waals surface area contributed by atoms with Gasteiger partial charge < -0.3 is 14.7 Å². The van der Waals surface area contributed by atoms with Crippen LogP contribution in [0.25, 0.3) is 5.57 Å². The van der Waals surface area contributed by atoms with Crippen LogP contribution in [0.4, 0.5) is 5.69 Å². The summed E-state index contributed by atoms with van der Waals surface area (Å²) < 4.78 is 5.63. The number of aliphatic hydroxyl groups is 1. The number of hydrogen-bond donors (Lipinski definition) is 1. The molecule has 158 valence electrons. The van der Waals surface area contributed by atoms with E-state index in [0.717, 1.165) is 23.3 Å². The largest absolute Gasteiger partial charge is 0.494 e. The fourth-order valence-corrected chi connectivity index (χ4v) is 3.65. The average Bonchev–Trinajstić information content (AvgIpc) is 2.96. The summed E-state index contributed by atoms with van der Waals surface area (Å²) >= 11 is 0. The lowest BCUT2D eigenvalue weighted by molar-refractivity contribution is -0.120. The first kappa shape index (κ1) is 21.6. The molecule has 2 amide bonds. The number of carbonyl (C=O) groups excluding carboxylic acids is 2. The zero-order chi connectivity index (χ0) is 21.8. The molecule has 1 heterocycles. The summed E-state index contributed by atoms with van der Waals surface area (Å²) in [6.07, 6.45) is 0.904. The number of benzene rings is 2. The lowest BCUT2D eigenvalue weighted by atomic mass is 10.0. The van der Waals surface area contributed by atoms with Crippen LogP contribution < -0.4 is 9.64 Å². The first-order valence-electron chi connectivity index (χ1n) is 10.1. The highest BCUT2D eigenvalue weighted by Gasteiger charge is 2.41. The van der Waals surface area contributed by atoms with Gasteiger partial charge in [0.15, 0.2) is 0 Å². The smallest absolute Gasteiger partial charge is 0.282 e. The number of rotatable bonds is 8. The van der Waals surface area contributed by atoms with Crippen molar-refractivity contribution in [2.75, 3.05) is 31.7 Å². The number of imide groups is 1. The zero-order valence-electron chi connectivity index (χ0n) is 17.9. The fourth-order valence-electron chi connectivity index (χ4n) is 3.65. The summed E-state index contributed by atoms with van der Waals surface area (Å²) in [6.45, 7) is 6.64. The molecule has 0 bridgehead atoms. The van der Waals surface area contributed by atoms with Crippen LogP contribution in [-0.2, 0) is 9.59 Å². The molecule has 0 unspecified atom stereocenters. The number of nitrogens with zero attached hydrogens (tertiary/aromatic N) is 2. The van der Waals surface area contributed by atoms with Crippen LogP contribution in [0.15, 0.2) is 48.2 Å². The number of aryl methyl sites for hydroxylation is 2. The van der Waals surface area contributed by atoms with E-state index in [2.05, 4.69) is 0 Å². The maximum Gasteiger partial charge on any atom is 0.282 e. The van der Waals surface area contributed by atoms with Crippen molar-refractivity contribution in [2.45, 2.75) is 27.2 Å². The Morgan fingerprint density at radius 3 is 2.20 bits per heavy atom. The van der Waals surface area contributed by atoms with Gasteiger partial charge in [0.05, 0.1) is 24.5 Å². The van der Waals surface area contributed by atoms with E-state index in [1.165, 1.54) is 4.90 Å². The SMILES string of the molecule is CCCOc1ccc(C2=C(N(C)CCO)C(=O)N(c3cc(C)cc(C)c3)C2=O)cc1. The van der Waals surface area contributed by atoms with Crippen LogP contribution in [0.2, 0.25) is 0 Å². The second-order valence-electron chi connectivity index (χ2n) is 7.53. The molecule has 30 heavy (non-hydrogen) atoms. The molecule has 0 atom stereocenters. The van der Waals surface area contributed by atoms with Crippen molar-refractivity contribution in [2.24, 2.45) is 0 Å². The third kappa shape index (κ3) is 4.24. The van der Waals surface area contributed by atoms with E-state index in [9.17, 15) is 14.7 Å². The first-order valence-corrected chi connectivity index (χ1v) is 10.1. The second kappa shape index (κ2) is 9.13. The summed E-state index contributed by atoms with van der Waals surface area (Å²) in [4.78, 5) is 29.6. The molecule has 0 saturated carbocycles. The van der Waals surface area contributed by atoms with Gasteiger partial charge in [-0.15, -0.1) is 0 Å². The third-order valence-corrected chi connectivity index (χ3v) is 4.96. The van der Waals surface area contributed by atoms with E-state index in [1.807, 2.05) is 39.0 Å². The minimum absolute atomic E-state index is 0.123. The van der Waals surface area contributed by atoms with Gasteiger partial charge in [-0.25, -0.2) is 4.90 Å². The zero-order valence-corrected chi connectivity index (χ0v) is 17.9. The van der Waals surface area contributed by atoms with Crippen molar-refractivity contribution in [1.29, 1.82) is 0 Å². The Hall–Kier alpha value is -3.12. The van der Waals surface area contributed by atoms with Crippen molar-refractivity contribution in [3.05, 3.63) is 64.9 Å². The van der Waals surface area contributed by atoms with Gasteiger partial charge in [-0.3, -0.25) is 9.59 Å². The molecule has 0 spiro atoms. The van der Waals surface area contributed by atoms with Gasteiger partial charge in [0.1, 0.15) is 11.4 Å². The fraction of sp³-hybridized carbons (Fsp3) is 0.333. The summed E-state index contributed by atoms with van der Waals surface area (Å²) in [6, 6.07) is 12.9. The number of carbonyl (C=O) groups is 2. The van der Waals surface area contributed by atoms with Gasteiger partial charge in [0, 0.05) is 13.6 Å². The molecule has 1 aliphatic heterocycles. The number of anilines is 1. The third-order valence-electron chi connectivity index (χ3n) is 4.96. The van der Waals surface area contributed by atoms with E-state index in [1.54, 1.807) is 36.2 Å². The van der Waals surface area contributed by atoms with Crippen LogP contribution in [0, 0.1) is 13.8 Å². The van der Waals surface area contributed by atoms with Crippen molar-refractivity contribution in [1.82, 2.24) is 4.90 Å². The van der Waals surface area contributed by atoms with E-state index in [4.69, 9.17) is 4.74 Å². The number of amides is 2. The highest BCUT2D eigenvalue weighted by Crippen LogP contribution is 2.35. The Labute approximate surface area is 177 Å². The van der Waals surface area contributed by atoms with E-state index in [0.29, 0.717) is 23.4 Å². The summed E-state index contributed by atoms with van der Waals surface area (Å²) in [7, 11) is 1.71. The number of ether oxygens (including phenoxy) is 1. The molecule has 0 aliphatic carbocycles. The van der Waals surface area contributed by atoms with Crippen LogP contribution in [0.1, 0.15) is 30.0 Å². The maximum absolute atomic E-state index is 13.4. The molecule has 0 aromatic heterocycles. The predicted molar refractivity (Wildman–Crippen MR) is 117 cm³/mol. The standard InChI is InChI=1S/C24H28N2O4/c1-5-12-30-20-8-6-18(7-9-20)21-22(25(4)10-11-27)24(29)26(23(21)28)19-14-16(2)13-17(3)15-19/h6-9,13-15,27H,5,10-12H2,1-4H3. The summed E-state index contributed by atoms with van der Waals surface area (Å²) in [5.41, 5.74) is 3.76. The van der Waals surface area contributed by atoms with Gasteiger partial charge in [-0.2, -0.15) is 0 Å². The number of hydrogen-bond acceptors (Lipinski definition) is 5. The van der Waals surface area contributed by atoms with E-state index >= 15 is 0 Å². The molecular formula is C24H28N2O4. The Bertz CT molecular complexity index is 959. The molecule has 2 aromatic rings. The molecule has 3 rings (SSSR count). The van der Waals surface area contributed by atoms with Gasteiger partial charge in [0.25, 0.3) is 11.8 Å². The lowest BCUT2D eigenvalue weighted by Gasteiger charge is -2.21. The van der Waals surface area contributed by atoms with Crippen LogP contribution >= 0.6 is 0 Å². The molecular weight excluding hydrogens is 380 g/mol. The Morgan fingerprint density at radius 1 is 1.00 bits per heavy atom. The van der Waals surface area contributed by atoms with Gasteiger partial charge in [0.2, 0.25) is 0 Å². The van der Waals surface area contributed by atoms with Crippen LogP contribution in [-0.4, -0.2) is 48.6 Å². The molecule has 6 heteroatoms. The van der Waals surface area contributed by atoms with E-state index in [-0.39, 0.29) is 30.7 Å². The quantitative estimate of drug-likeness (QED) is 0.679. The minimum atomic E-state index is -0.387. The van der Waals surface area contributed by atoms with Gasteiger partial charge >= 0.3 is 0 Å². The van der Waals surface area contributed by atoms with E-state index < -0.39 is 0 Å². The van der Waals surface area contributed by atoms with Crippen LogP contribution in [0.5, 0.6) is 5.75 Å². The average molecular weight is 408 g/mol. The molecule has 0 radical (unpaired) electrons. The molecule has 0 fully saturated rings. The normalized spacial score (nSPS) is 14.0. The van der Waals surface area contributed by atoms with Crippen molar-refractivity contribution in [3.8, 4) is 5.75 Å². The Kier molecular flexibility index (Phi) is 6.57. The second-order valence-corrected chi connectivity index (χ2v) is 7.53. The minimum Gasteiger partial charge on any atom is -0.494 e. The topological polar surface area (TPSA) is 70.1 Å². The number of aliphatic hydroxyl groups excluding tert-OH is 1. The molecule has 6 nitrogen and oxygen atoms in total. The molecule has 1 N–H and O–H groups in total. The predicted octanol–water partition coefficient (Wildman–Crippen LogP) is 3.30. The monoisotopic (exact) mass is 408 g/mol. The van der Waals surface area contributed by atoms with Crippen molar-refractivity contribution < 1.29 is 19.4 Å². The molecule has 2 aromatic carbocycles. The first-order chi connectivity index (χ1) is 14.4. The lowest BCUT2D eigenvalue weighted by Crippen LogP contribution is -2.35. The Morgan fingerprint density at radius 2 is 1.63 bits per heavy atom. The Balaban J connectivity index is 2.06. The number of likely N-dealkylation sites (N-methyl/N-ethyl adjacent to an activating group) is 1. The van der Waals surface area contributed by atoms with Crippen molar-refractivity contribution >= 4 is 23.1 Å². The summed E-state index contributed by atoms with van der Waals surface area (Å²) in [5, 5.41) is 9.39. The van der Waals surface area contributed by atoms with Crippen LogP contribution in [0.3, 0.4) is 0 Å². The van der Waals surface area contributed by atoms with Crippen molar-refractivity contribution in [3.63, 3.8) is 0 Å².